The average molecular weight is 335 g/mol. The van der Waals surface area contributed by atoms with Crippen molar-refractivity contribution < 1.29 is 4.79 Å². The number of nitrogens with one attached hydrogen (secondary N) is 1. The molecule has 0 aliphatic heterocycles. The molecule has 0 saturated heterocycles. The second-order valence-corrected chi connectivity index (χ2v) is 7.08. The molecular formula is C17H23ClN4O. The fourth-order valence-corrected chi connectivity index (χ4v) is 3.63. The van der Waals surface area contributed by atoms with Crippen molar-refractivity contribution in [1.29, 1.82) is 0 Å². The highest BCUT2D eigenvalue weighted by atomic mass is 35.5. The summed E-state index contributed by atoms with van der Waals surface area (Å²) in [6.07, 6.45) is 3.61. The summed E-state index contributed by atoms with van der Waals surface area (Å²) in [5, 5.41) is 3.69. The number of imidazole rings is 1. The van der Waals surface area contributed by atoms with Crippen molar-refractivity contribution in [2.75, 3.05) is 5.73 Å². The monoisotopic (exact) mass is 334 g/mol. The summed E-state index contributed by atoms with van der Waals surface area (Å²) in [5.41, 5.74) is 7.97. The van der Waals surface area contributed by atoms with Crippen LogP contribution in [0.4, 0.5) is 5.95 Å². The number of halogens is 1. The van der Waals surface area contributed by atoms with Crippen molar-refractivity contribution in [3.05, 3.63) is 23.2 Å². The first kappa shape index (κ1) is 16.1. The summed E-state index contributed by atoms with van der Waals surface area (Å²) in [6.45, 7) is 3.98. The van der Waals surface area contributed by atoms with Gasteiger partial charge in [0.15, 0.2) is 0 Å². The predicted molar refractivity (Wildman–Crippen MR) is 93.4 cm³/mol. The van der Waals surface area contributed by atoms with E-state index in [0.29, 0.717) is 11.0 Å². The molecular weight excluding hydrogens is 312 g/mol. The minimum absolute atomic E-state index is 0.105. The Hall–Kier alpha value is -1.75. The molecule has 0 unspecified atom stereocenters. The first-order valence-electron chi connectivity index (χ1n) is 8.19. The van der Waals surface area contributed by atoms with E-state index in [0.717, 1.165) is 36.7 Å². The first-order chi connectivity index (χ1) is 11.0. The molecule has 124 valence electrons. The lowest BCUT2D eigenvalue weighted by Crippen LogP contribution is -2.37. The summed E-state index contributed by atoms with van der Waals surface area (Å²) in [6, 6.07) is 6.11. The Balaban J connectivity index is 1.77. The minimum atomic E-state index is 0.105. The van der Waals surface area contributed by atoms with E-state index in [1.54, 1.807) is 0 Å². The largest absolute Gasteiger partial charge is 0.369 e. The van der Waals surface area contributed by atoms with Crippen molar-refractivity contribution in [3.63, 3.8) is 0 Å². The highest BCUT2D eigenvalue weighted by Crippen LogP contribution is 2.36. The number of aromatic nitrogens is 2. The number of benzene rings is 1. The van der Waals surface area contributed by atoms with Crippen molar-refractivity contribution >= 4 is 34.5 Å². The fraction of sp³-hybridized carbons (Fsp3) is 0.529. The van der Waals surface area contributed by atoms with Gasteiger partial charge in [0, 0.05) is 23.0 Å². The maximum absolute atomic E-state index is 12.2. The van der Waals surface area contributed by atoms with Crippen LogP contribution in [0.25, 0.3) is 11.0 Å². The van der Waals surface area contributed by atoms with Gasteiger partial charge in [0.25, 0.3) is 0 Å². The molecule has 0 bridgehead atoms. The van der Waals surface area contributed by atoms with E-state index in [9.17, 15) is 4.79 Å². The van der Waals surface area contributed by atoms with Crippen LogP contribution < -0.4 is 11.1 Å². The van der Waals surface area contributed by atoms with Crippen molar-refractivity contribution in [3.8, 4) is 0 Å². The topological polar surface area (TPSA) is 72.9 Å². The van der Waals surface area contributed by atoms with E-state index in [1.807, 2.05) is 32.0 Å². The third-order valence-electron chi connectivity index (χ3n) is 4.54. The van der Waals surface area contributed by atoms with Gasteiger partial charge in [-0.25, -0.2) is 4.98 Å². The molecule has 1 heterocycles. The van der Waals surface area contributed by atoms with Gasteiger partial charge in [-0.3, -0.25) is 4.79 Å². The highest BCUT2D eigenvalue weighted by Gasteiger charge is 2.29. The molecule has 0 radical (unpaired) electrons. The Kier molecular flexibility index (Phi) is 4.48. The van der Waals surface area contributed by atoms with Crippen LogP contribution in [-0.2, 0) is 4.79 Å². The Morgan fingerprint density at radius 1 is 1.35 bits per heavy atom. The predicted octanol–water partition coefficient (Wildman–Crippen LogP) is 3.53. The van der Waals surface area contributed by atoms with Gasteiger partial charge in [-0.15, -0.1) is 0 Å². The fourth-order valence-electron chi connectivity index (χ4n) is 3.47. The van der Waals surface area contributed by atoms with E-state index in [4.69, 9.17) is 17.3 Å². The van der Waals surface area contributed by atoms with Crippen LogP contribution in [0.3, 0.4) is 0 Å². The second kappa shape index (κ2) is 6.40. The summed E-state index contributed by atoms with van der Waals surface area (Å²) in [7, 11) is 0. The number of nitrogen functional groups attached to an aromatic ring is 1. The number of amides is 1. The quantitative estimate of drug-likeness (QED) is 0.901. The molecule has 3 rings (SSSR count). The van der Waals surface area contributed by atoms with Crippen LogP contribution in [0.15, 0.2) is 18.2 Å². The number of fused-ring (bicyclic) bond motifs is 1. The molecule has 1 aromatic carbocycles. The van der Waals surface area contributed by atoms with Crippen LogP contribution in [0.2, 0.25) is 5.02 Å². The highest BCUT2D eigenvalue weighted by molar-refractivity contribution is 6.31. The maximum Gasteiger partial charge on any atom is 0.223 e. The number of rotatable bonds is 3. The van der Waals surface area contributed by atoms with Gasteiger partial charge in [-0.05, 0) is 57.7 Å². The van der Waals surface area contributed by atoms with E-state index in [2.05, 4.69) is 14.9 Å². The molecule has 1 saturated carbocycles. The van der Waals surface area contributed by atoms with Crippen molar-refractivity contribution in [2.24, 2.45) is 5.92 Å². The zero-order chi connectivity index (χ0) is 16.6. The van der Waals surface area contributed by atoms with E-state index in [-0.39, 0.29) is 23.9 Å². The zero-order valence-electron chi connectivity index (χ0n) is 13.6. The number of hydrogen-bond donors (Lipinski definition) is 2. The summed E-state index contributed by atoms with van der Waals surface area (Å²) < 4.78 is 2.08. The van der Waals surface area contributed by atoms with E-state index < -0.39 is 0 Å². The Morgan fingerprint density at radius 2 is 2.04 bits per heavy atom. The van der Waals surface area contributed by atoms with Gasteiger partial charge < -0.3 is 15.6 Å². The lowest BCUT2D eigenvalue weighted by Gasteiger charge is -2.30. The number of nitrogens with two attached hydrogens (primary N) is 1. The normalized spacial score (nSPS) is 21.7. The molecule has 6 heteroatoms. The second-order valence-electron chi connectivity index (χ2n) is 6.64. The minimum Gasteiger partial charge on any atom is -0.369 e. The number of carbonyl (C=O) groups excluding carboxylic acids is 1. The van der Waals surface area contributed by atoms with E-state index in [1.165, 1.54) is 0 Å². The molecule has 23 heavy (non-hydrogen) atoms. The summed E-state index contributed by atoms with van der Waals surface area (Å²) in [5.74, 6) is 0.801. The van der Waals surface area contributed by atoms with Gasteiger partial charge >= 0.3 is 0 Å². The first-order valence-corrected chi connectivity index (χ1v) is 8.57. The van der Waals surface area contributed by atoms with Crippen molar-refractivity contribution in [2.45, 2.75) is 51.6 Å². The molecule has 1 aromatic heterocycles. The van der Waals surface area contributed by atoms with Crippen LogP contribution in [0.1, 0.15) is 45.6 Å². The number of nitrogens with zero attached hydrogens (tertiary/aromatic N) is 2. The van der Waals surface area contributed by atoms with E-state index >= 15 is 0 Å². The molecule has 0 atom stereocenters. The summed E-state index contributed by atoms with van der Waals surface area (Å²) in [4.78, 5) is 16.6. The van der Waals surface area contributed by atoms with Gasteiger partial charge in [-0.2, -0.15) is 0 Å². The molecule has 3 N–H and O–H groups in total. The molecule has 0 spiro atoms. The van der Waals surface area contributed by atoms with Crippen LogP contribution in [0, 0.1) is 5.92 Å². The number of anilines is 1. The molecule has 1 fully saturated rings. The maximum atomic E-state index is 12.2. The van der Waals surface area contributed by atoms with Gasteiger partial charge in [-0.1, -0.05) is 11.6 Å². The Morgan fingerprint density at radius 3 is 2.70 bits per heavy atom. The Labute approximate surface area is 141 Å². The van der Waals surface area contributed by atoms with Gasteiger partial charge in [0.2, 0.25) is 11.9 Å². The standard InChI is InChI=1S/C17H23ClN4O/c1-10(2)20-16(23)11-3-6-13(7-4-11)22-15-9-12(18)5-8-14(15)21-17(22)19/h5,8-11,13H,3-4,6-7H2,1-2H3,(H2,19,21)(H,20,23)/t11-,13+. The average Bonchev–Trinajstić information content (AvgIpc) is 2.82. The van der Waals surface area contributed by atoms with Crippen LogP contribution >= 0.6 is 11.6 Å². The number of hydrogen-bond acceptors (Lipinski definition) is 3. The SMILES string of the molecule is CC(C)NC(=O)[C@H]1CC[C@@H](n2c(N)nc3ccc(Cl)cc32)CC1. The van der Waals surface area contributed by atoms with Crippen LogP contribution in [-0.4, -0.2) is 21.5 Å². The lowest BCUT2D eigenvalue weighted by atomic mass is 9.85. The Bertz CT molecular complexity index is 717. The molecule has 1 aliphatic carbocycles. The number of carbonyl (C=O) groups is 1. The van der Waals surface area contributed by atoms with Crippen molar-refractivity contribution in [1.82, 2.24) is 14.9 Å². The molecule has 1 amide bonds. The third kappa shape index (κ3) is 3.29. The third-order valence-corrected chi connectivity index (χ3v) is 4.78. The lowest BCUT2D eigenvalue weighted by molar-refractivity contribution is -0.126. The summed E-state index contributed by atoms with van der Waals surface area (Å²) >= 11 is 6.12. The smallest absolute Gasteiger partial charge is 0.223 e. The molecule has 1 aliphatic rings. The van der Waals surface area contributed by atoms with Gasteiger partial charge in [0.1, 0.15) is 0 Å². The zero-order valence-corrected chi connectivity index (χ0v) is 14.3. The van der Waals surface area contributed by atoms with Gasteiger partial charge in [0.05, 0.1) is 11.0 Å². The van der Waals surface area contributed by atoms with Crippen LogP contribution in [0.5, 0.6) is 0 Å². The molecule has 2 aromatic rings. The molecule has 5 nitrogen and oxygen atoms in total.